The Morgan fingerprint density at radius 1 is 1.22 bits per heavy atom. The standard InChI is InChI=1S/C18H21FN2OS/c1-13(21(2)12-14-8-10-15(19)11-9-14)18(22)20-16-6-4-5-7-17(16)23-3/h4-11,13H,12H2,1-3H3,(H,20,22). The zero-order valence-corrected chi connectivity index (χ0v) is 14.4. The van der Waals surface area contributed by atoms with Crippen LogP contribution in [-0.2, 0) is 11.3 Å². The van der Waals surface area contributed by atoms with Crippen molar-refractivity contribution < 1.29 is 9.18 Å². The van der Waals surface area contributed by atoms with E-state index in [4.69, 9.17) is 0 Å². The van der Waals surface area contributed by atoms with Gasteiger partial charge in [0.15, 0.2) is 0 Å². The van der Waals surface area contributed by atoms with Gasteiger partial charge in [0.25, 0.3) is 0 Å². The van der Waals surface area contributed by atoms with E-state index >= 15 is 0 Å². The molecule has 0 heterocycles. The first-order chi connectivity index (χ1) is 11.0. The summed E-state index contributed by atoms with van der Waals surface area (Å²) in [6, 6.07) is 13.8. The van der Waals surface area contributed by atoms with Gasteiger partial charge in [-0.25, -0.2) is 4.39 Å². The molecule has 5 heteroatoms. The summed E-state index contributed by atoms with van der Waals surface area (Å²) in [6.45, 7) is 2.44. The van der Waals surface area contributed by atoms with Crippen LogP contribution in [0.3, 0.4) is 0 Å². The maximum Gasteiger partial charge on any atom is 0.241 e. The van der Waals surface area contributed by atoms with E-state index < -0.39 is 0 Å². The second kappa shape index (κ2) is 8.13. The summed E-state index contributed by atoms with van der Waals surface area (Å²) in [5.41, 5.74) is 1.80. The Morgan fingerprint density at radius 2 is 1.87 bits per heavy atom. The van der Waals surface area contributed by atoms with Crippen LogP contribution in [0.2, 0.25) is 0 Å². The molecule has 0 aliphatic carbocycles. The van der Waals surface area contributed by atoms with E-state index in [0.29, 0.717) is 6.54 Å². The minimum absolute atomic E-state index is 0.0592. The molecule has 2 aromatic rings. The summed E-state index contributed by atoms with van der Waals surface area (Å²) in [4.78, 5) is 15.4. The molecule has 3 nitrogen and oxygen atoms in total. The Bertz CT molecular complexity index is 660. The van der Waals surface area contributed by atoms with Crippen LogP contribution in [0, 0.1) is 5.82 Å². The van der Waals surface area contributed by atoms with Gasteiger partial charge in [-0.1, -0.05) is 24.3 Å². The lowest BCUT2D eigenvalue weighted by atomic mass is 10.2. The summed E-state index contributed by atoms with van der Waals surface area (Å²) in [7, 11) is 1.88. The van der Waals surface area contributed by atoms with E-state index in [1.165, 1.54) is 12.1 Å². The van der Waals surface area contributed by atoms with Crippen LogP contribution < -0.4 is 5.32 Å². The number of halogens is 1. The Kier molecular flexibility index (Phi) is 6.19. The van der Waals surface area contributed by atoms with Gasteiger partial charge in [-0.05, 0) is 50.1 Å². The van der Waals surface area contributed by atoms with Crippen LogP contribution in [-0.4, -0.2) is 30.2 Å². The molecule has 0 spiro atoms. The van der Waals surface area contributed by atoms with E-state index in [1.807, 2.05) is 49.4 Å². The van der Waals surface area contributed by atoms with Crippen molar-refractivity contribution in [1.29, 1.82) is 0 Å². The van der Waals surface area contributed by atoms with Gasteiger partial charge in [0.2, 0.25) is 5.91 Å². The number of amides is 1. The predicted molar refractivity (Wildman–Crippen MR) is 94.2 cm³/mol. The summed E-state index contributed by atoms with van der Waals surface area (Å²) >= 11 is 1.60. The number of hydrogen-bond acceptors (Lipinski definition) is 3. The third-order valence-corrected chi connectivity index (χ3v) is 4.55. The number of carbonyl (C=O) groups excluding carboxylic acids is 1. The lowest BCUT2D eigenvalue weighted by Crippen LogP contribution is -2.39. The number of para-hydroxylation sites is 1. The highest BCUT2D eigenvalue weighted by molar-refractivity contribution is 7.98. The highest BCUT2D eigenvalue weighted by Crippen LogP contribution is 2.24. The summed E-state index contributed by atoms with van der Waals surface area (Å²) in [5.74, 6) is -0.313. The molecule has 0 saturated carbocycles. The molecular weight excluding hydrogens is 311 g/mol. The van der Waals surface area contributed by atoms with E-state index in [1.54, 1.807) is 23.9 Å². The van der Waals surface area contributed by atoms with Crippen molar-refractivity contribution in [3.63, 3.8) is 0 Å². The highest BCUT2D eigenvalue weighted by atomic mass is 32.2. The smallest absolute Gasteiger partial charge is 0.241 e. The third-order valence-electron chi connectivity index (χ3n) is 3.75. The molecule has 0 aromatic heterocycles. The Balaban J connectivity index is 1.99. The fourth-order valence-corrected chi connectivity index (χ4v) is 2.75. The van der Waals surface area contributed by atoms with E-state index in [-0.39, 0.29) is 17.8 Å². The first-order valence-corrected chi connectivity index (χ1v) is 8.62. The Labute approximate surface area is 140 Å². The quantitative estimate of drug-likeness (QED) is 0.811. The average Bonchev–Trinajstić information content (AvgIpc) is 2.56. The summed E-state index contributed by atoms with van der Waals surface area (Å²) < 4.78 is 12.9. The molecule has 0 aliphatic heterocycles. The number of nitrogens with zero attached hydrogens (tertiary/aromatic N) is 1. The van der Waals surface area contributed by atoms with Gasteiger partial charge in [-0.3, -0.25) is 9.69 Å². The van der Waals surface area contributed by atoms with Gasteiger partial charge in [0.05, 0.1) is 11.7 Å². The third kappa shape index (κ3) is 4.81. The number of benzene rings is 2. The summed E-state index contributed by atoms with van der Waals surface area (Å²) in [5, 5.41) is 2.98. The van der Waals surface area contributed by atoms with Crippen molar-refractivity contribution in [3.8, 4) is 0 Å². The molecule has 1 atom stereocenters. The molecule has 23 heavy (non-hydrogen) atoms. The van der Waals surface area contributed by atoms with Crippen LogP contribution >= 0.6 is 11.8 Å². The number of anilines is 1. The van der Waals surface area contributed by atoms with Crippen molar-refractivity contribution in [2.45, 2.75) is 24.4 Å². The van der Waals surface area contributed by atoms with Gasteiger partial charge in [0.1, 0.15) is 5.82 Å². The monoisotopic (exact) mass is 332 g/mol. The van der Waals surface area contributed by atoms with Crippen molar-refractivity contribution in [3.05, 3.63) is 59.9 Å². The zero-order valence-electron chi connectivity index (χ0n) is 13.5. The number of rotatable bonds is 6. The van der Waals surface area contributed by atoms with Crippen molar-refractivity contribution in [2.24, 2.45) is 0 Å². The van der Waals surface area contributed by atoms with Crippen LogP contribution in [0.15, 0.2) is 53.4 Å². The first kappa shape index (κ1) is 17.5. The minimum atomic E-state index is -0.296. The number of carbonyl (C=O) groups is 1. The Morgan fingerprint density at radius 3 is 2.52 bits per heavy atom. The fourth-order valence-electron chi connectivity index (χ4n) is 2.20. The SMILES string of the molecule is CSc1ccccc1NC(=O)C(C)N(C)Cc1ccc(F)cc1. The van der Waals surface area contributed by atoms with E-state index in [0.717, 1.165) is 16.1 Å². The Hall–Kier alpha value is -1.85. The maximum atomic E-state index is 12.9. The van der Waals surface area contributed by atoms with Gasteiger partial charge >= 0.3 is 0 Å². The molecule has 1 amide bonds. The number of nitrogens with one attached hydrogen (secondary N) is 1. The molecule has 0 radical (unpaired) electrons. The molecular formula is C18H21FN2OS. The van der Waals surface area contributed by atoms with Crippen LogP contribution in [0.1, 0.15) is 12.5 Å². The highest BCUT2D eigenvalue weighted by Gasteiger charge is 2.19. The first-order valence-electron chi connectivity index (χ1n) is 7.40. The maximum absolute atomic E-state index is 12.9. The van der Waals surface area contributed by atoms with E-state index in [2.05, 4.69) is 5.32 Å². The van der Waals surface area contributed by atoms with Gasteiger partial charge < -0.3 is 5.32 Å². The van der Waals surface area contributed by atoms with Gasteiger partial charge in [0, 0.05) is 11.4 Å². The van der Waals surface area contributed by atoms with Gasteiger partial charge in [-0.15, -0.1) is 11.8 Å². The summed E-state index contributed by atoms with van der Waals surface area (Å²) in [6.07, 6.45) is 1.98. The number of likely N-dealkylation sites (N-methyl/N-ethyl adjacent to an activating group) is 1. The lowest BCUT2D eigenvalue weighted by Gasteiger charge is -2.24. The van der Waals surface area contributed by atoms with Crippen LogP contribution in [0.4, 0.5) is 10.1 Å². The molecule has 1 unspecified atom stereocenters. The van der Waals surface area contributed by atoms with E-state index in [9.17, 15) is 9.18 Å². The lowest BCUT2D eigenvalue weighted by molar-refractivity contribution is -0.120. The molecule has 0 fully saturated rings. The van der Waals surface area contributed by atoms with Crippen molar-refractivity contribution in [2.75, 3.05) is 18.6 Å². The normalized spacial score (nSPS) is 12.2. The molecule has 2 rings (SSSR count). The molecule has 2 aromatic carbocycles. The van der Waals surface area contributed by atoms with Crippen LogP contribution in [0.25, 0.3) is 0 Å². The average molecular weight is 332 g/mol. The number of thioether (sulfide) groups is 1. The molecule has 0 bridgehead atoms. The minimum Gasteiger partial charge on any atom is -0.324 e. The molecule has 1 N–H and O–H groups in total. The topological polar surface area (TPSA) is 32.3 Å². The zero-order chi connectivity index (χ0) is 16.8. The van der Waals surface area contributed by atoms with Crippen LogP contribution in [0.5, 0.6) is 0 Å². The van der Waals surface area contributed by atoms with Gasteiger partial charge in [-0.2, -0.15) is 0 Å². The second-order valence-corrected chi connectivity index (χ2v) is 6.26. The number of hydrogen-bond donors (Lipinski definition) is 1. The van der Waals surface area contributed by atoms with Crippen molar-refractivity contribution >= 4 is 23.4 Å². The fraction of sp³-hybridized carbons (Fsp3) is 0.278. The predicted octanol–water partition coefficient (Wildman–Crippen LogP) is 4.01. The largest absolute Gasteiger partial charge is 0.324 e. The molecule has 122 valence electrons. The second-order valence-electron chi connectivity index (χ2n) is 5.41. The van der Waals surface area contributed by atoms with Crippen molar-refractivity contribution in [1.82, 2.24) is 4.90 Å². The molecule has 0 saturated heterocycles. The molecule has 0 aliphatic rings.